The summed E-state index contributed by atoms with van der Waals surface area (Å²) in [5.74, 6) is -8.85. The van der Waals surface area contributed by atoms with Crippen LogP contribution in [0.15, 0.2) is 83.0 Å². The SMILES string of the molecule is CC[C@H](C)[C@@H]1NC(=O)[C@H](Cc2ccc(O)cc2)NC(=O)[C@@H](N)CSSC[C@@H](C(=O)NCc2ccc(N=Nc3ccc(C(=O)NCC(N)=O)cc3)cc2)NC(=O)[C@H](CC(N)=O)NC(=O)[C@H](CCC(N)=O)NC1=O. The molecule has 386 valence electrons. The summed E-state index contributed by atoms with van der Waals surface area (Å²) in [5, 5.41) is 36.2. The summed E-state index contributed by atoms with van der Waals surface area (Å²) in [7, 11) is 2.14. The van der Waals surface area contributed by atoms with Crippen molar-refractivity contribution in [2.45, 2.75) is 88.7 Å². The fraction of sp³-hybridized carbons (Fsp3) is 0.391. The van der Waals surface area contributed by atoms with Gasteiger partial charge in [0.2, 0.25) is 53.2 Å². The second kappa shape index (κ2) is 28.3. The number of carbonyl (C=O) groups is 10. The molecular weight excluding hydrogens is 975 g/mol. The van der Waals surface area contributed by atoms with E-state index in [1.807, 2.05) is 0 Å². The number of phenolic OH excluding ortho intramolecular Hbond substituents is 1. The Labute approximate surface area is 421 Å². The highest BCUT2D eigenvalue weighted by atomic mass is 33.1. The first-order valence-corrected chi connectivity index (χ1v) is 25.0. The van der Waals surface area contributed by atoms with E-state index < -0.39 is 114 Å². The molecule has 1 saturated heterocycles. The van der Waals surface area contributed by atoms with Crippen molar-refractivity contribution in [3.8, 4) is 5.75 Å². The predicted octanol–water partition coefficient (Wildman–Crippen LogP) is -0.785. The molecule has 0 radical (unpaired) electrons. The van der Waals surface area contributed by atoms with Gasteiger partial charge in [-0.15, -0.1) is 0 Å². The fourth-order valence-electron chi connectivity index (χ4n) is 6.64. The molecule has 3 aromatic carbocycles. The van der Waals surface area contributed by atoms with E-state index in [-0.39, 0.29) is 48.7 Å². The van der Waals surface area contributed by atoms with E-state index in [1.54, 1.807) is 62.4 Å². The largest absolute Gasteiger partial charge is 0.508 e. The van der Waals surface area contributed by atoms with Crippen molar-refractivity contribution >= 4 is 92.0 Å². The maximum absolute atomic E-state index is 14.0. The molecule has 10 amide bonds. The van der Waals surface area contributed by atoms with Crippen molar-refractivity contribution in [3.05, 3.63) is 89.5 Å². The van der Waals surface area contributed by atoms with E-state index in [9.17, 15) is 53.1 Å². The Morgan fingerprint density at radius 1 is 0.667 bits per heavy atom. The average molecular weight is 1030 g/mol. The number of aromatic hydroxyl groups is 1. The Hall–Kier alpha value is -7.58. The zero-order valence-corrected chi connectivity index (χ0v) is 41.0. The highest BCUT2D eigenvalue weighted by Gasteiger charge is 2.35. The van der Waals surface area contributed by atoms with Crippen molar-refractivity contribution in [2.24, 2.45) is 39.1 Å². The fourth-order valence-corrected chi connectivity index (χ4v) is 8.92. The summed E-state index contributed by atoms with van der Waals surface area (Å²) in [4.78, 5) is 131. The van der Waals surface area contributed by atoms with Gasteiger partial charge in [-0.05, 0) is 72.0 Å². The van der Waals surface area contributed by atoms with Crippen LogP contribution in [0.25, 0.3) is 0 Å². The molecule has 16 N–H and O–H groups in total. The monoisotopic (exact) mass is 1030 g/mol. The summed E-state index contributed by atoms with van der Waals surface area (Å²) < 4.78 is 0. The third-order valence-electron chi connectivity index (χ3n) is 10.9. The molecule has 72 heavy (non-hydrogen) atoms. The van der Waals surface area contributed by atoms with Gasteiger partial charge < -0.3 is 65.3 Å². The lowest BCUT2D eigenvalue weighted by molar-refractivity contribution is -0.136. The molecule has 1 heterocycles. The summed E-state index contributed by atoms with van der Waals surface area (Å²) in [6.45, 7) is 3.07. The van der Waals surface area contributed by atoms with Gasteiger partial charge in [0, 0.05) is 36.5 Å². The number of rotatable bonds is 17. The second-order valence-electron chi connectivity index (χ2n) is 16.6. The van der Waals surface area contributed by atoms with E-state index >= 15 is 0 Å². The van der Waals surface area contributed by atoms with Crippen molar-refractivity contribution in [3.63, 3.8) is 0 Å². The number of nitrogens with one attached hydrogen (secondary N) is 7. The van der Waals surface area contributed by atoms with Crippen molar-refractivity contribution in [2.75, 3.05) is 18.1 Å². The minimum atomic E-state index is -1.68. The minimum Gasteiger partial charge on any atom is -0.508 e. The third-order valence-corrected chi connectivity index (χ3v) is 13.4. The molecule has 0 unspecified atom stereocenters. The normalized spacial score (nSPS) is 21.1. The summed E-state index contributed by atoms with van der Waals surface area (Å²) in [6, 6.07) is 10.3. The Morgan fingerprint density at radius 3 is 1.82 bits per heavy atom. The minimum absolute atomic E-state index is 0.0352. The van der Waals surface area contributed by atoms with E-state index in [0.29, 0.717) is 28.9 Å². The number of nitrogens with two attached hydrogens (primary N) is 4. The molecule has 1 aliphatic heterocycles. The van der Waals surface area contributed by atoms with Crippen LogP contribution in [0.1, 0.15) is 61.0 Å². The molecule has 0 bridgehead atoms. The lowest BCUT2D eigenvalue weighted by Gasteiger charge is -2.29. The highest BCUT2D eigenvalue weighted by Crippen LogP contribution is 2.24. The van der Waals surface area contributed by atoms with Crippen LogP contribution < -0.4 is 60.2 Å². The predicted molar refractivity (Wildman–Crippen MR) is 266 cm³/mol. The highest BCUT2D eigenvalue weighted by molar-refractivity contribution is 8.76. The molecule has 24 nitrogen and oxygen atoms in total. The number of nitrogens with zero attached hydrogens (tertiary/aromatic N) is 2. The van der Waals surface area contributed by atoms with Crippen LogP contribution in [0, 0.1) is 5.92 Å². The number of hydrogen-bond donors (Lipinski definition) is 12. The Morgan fingerprint density at radius 2 is 1.22 bits per heavy atom. The number of primary amides is 3. The number of phenols is 1. The smallest absolute Gasteiger partial charge is 0.251 e. The quantitative estimate of drug-likeness (QED) is 0.0583. The van der Waals surface area contributed by atoms with Gasteiger partial charge in [0.1, 0.15) is 36.0 Å². The topological polar surface area (TPSA) is 404 Å². The average Bonchev–Trinajstić information content (AvgIpc) is 3.35. The molecule has 7 atom stereocenters. The Kier molecular flexibility index (Phi) is 22.4. The van der Waals surface area contributed by atoms with Crippen LogP contribution in [-0.2, 0) is 56.1 Å². The molecule has 4 rings (SSSR count). The molecule has 0 saturated carbocycles. The van der Waals surface area contributed by atoms with Gasteiger partial charge in [0.25, 0.3) is 5.91 Å². The van der Waals surface area contributed by atoms with Gasteiger partial charge >= 0.3 is 0 Å². The van der Waals surface area contributed by atoms with Crippen molar-refractivity contribution in [1.82, 2.24) is 37.2 Å². The zero-order chi connectivity index (χ0) is 52.9. The number of azo groups is 1. The van der Waals surface area contributed by atoms with Gasteiger partial charge in [-0.25, -0.2) is 0 Å². The molecule has 1 aliphatic rings. The first-order chi connectivity index (χ1) is 34.2. The van der Waals surface area contributed by atoms with Crippen LogP contribution in [0.4, 0.5) is 11.4 Å². The van der Waals surface area contributed by atoms with Crippen LogP contribution in [0.2, 0.25) is 0 Å². The van der Waals surface area contributed by atoms with Crippen LogP contribution in [0.3, 0.4) is 0 Å². The Bertz CT molecular complexity index is 2460. The van der Waals surface area contributed by atoms with Crippen molar-refractivity contribution in [1.29, 1.82) is 0 Å². The van der Waals surface area contributed by atoms with Crippen LogP contribution in [0.5, 0.6) is 5.75 Å². The molecule has 3 aromatic rings. The number of hydrogen-bond acceptors (Lipinski definition) is 16. The molecular formula is C46H59N13O11S2. The zero-order valence-electron chi connectivity index (χ0n) is 39.4. The van der Waals surface area contributed by atoms with Crippen LogP contribution in [-0.4, -0.2) is 118 Å². The van der Waals surface area contributed by atoms with E-state index in [0.717, 1.165) is 21.6 Å². The molecule has 26 heteroatoms. The Balaban J connectivity index is 1.57. The summed E-state index contributed by atoms with van der Waals surface area (Å²) in [6.07, 6.45) is -1.25. The summed E-state index contributed by atoms with van der Waals surface area (Å²) >= 11 is 0. The first-order valence-electron chi connectivity index (χ1n) is 22.5. The van der Waals surface area contributed by atoms with Gasteiger partial charge in [-0.1, -0.05) is 66.1 Å². The first kappa shape index (κ1) is 57.0. The standard InChI is InChI=1S/C46H59N13O11S2/c1-3-24(2)39-46(70)53-32(16-17-36(48)61)43(67)55-34(19-37(49)62)44(68)56-35(23-72-71-22-31(47)41(65)54-33(45(69)57-39)18-25-6-14-30(60)15-7-25)42(66)51-20-26-4-10-28(11-5-26)58-59-29-12-8-27(9-13-29)40(64)52-21-38(50)63/h4-15,24,31-35,39,60H,3,16-23,47H2,1-2H3,(H2,48,61)(H2,49,62)(H2,50,63)(H,51,66)(H,52,64)(H,53,70)(H,54,65)(H,55,67)(H,56,68)(H,57,69)/t24-,31-,32-,33-,34-,35-,39-/m0/s1. The maximum Gasteiger partial charge on any atom is 0.251 e. The summed E-state index contributed by atoms with van der Waals surface area (Å²) in [5.41, 5.74) is 24.6. The number of amides is 10. The lowest BCUT2D eigenvalue weighted by atomic mass is 9.96. The van der Waals surface area contributed by atoms with E-state index in [4.69, 9.17) is 22.9 Å². The molecule has 0 aromatic heterocycles. The van der Waals surface area contributed by atoms with Gasteiger partial charge in [-0.2, -0.15) is 10.2 Å². The number of carbonyl (C=O) groups excluding carboxylic acids is 10. The van der Waals surface area contributed by atoms with Gasteiger partial charge in [-0.3, -0.25) is 47.9 Å². The van der Waals surface area contributed by atoms with E-state index in [1.165, 1.54) is 24.3 Å². The molecule has 0 spiro atoms. The van der Waals surface area contributed by atoms with Crippen LogP contribution >= 0.6 is 21.6 Å². The van der Waals surface area contributed by atoms with Gasteiger partial charge in [0.15, 0.2) is 0 Å². The molecule has 0 aliphatic carbocycles. The molecule has 1 fully saturated rings. The number of benzene rings is 3. The maximum atomic E-state index is 14.0. The second-order valence-corrected chi connectivity index (χ2v) is 19.2. The third kappa shape index (κ3) is 19.0. The van der Waals surface area contributed by atoms with Gasteiger partial charge in [0.05, 0.1) is 30.4 Å². The van der Waals surface area contributed by atoms with Crippen molar-refractivity contribution < 1.29 is 53.1 Å². The van der Waals surface area contributed by atoms with E-state index in [2.05, 4.69) is 47.4 Å². The lowest BCUT2D eigenvalue weighted by Crippen LogP contribution is -2.61.